The van der Waals surface area contributed by atoms with Gasteiger partial charge in [0.25, 0.3) is 0 Å². The zero-order valence-electron chi connectivity index (χ0n) is 11.3. The number of pyridine rings is 1. The van der Waals surface area contributed by atoms with Gasteiger partial charge in [0.05, 0.1) is 17.9 Å². The van der Waals surface area contributed by atoms with Crippen LogP contribution >= 0.6 is 0 Å². The largest absolute Gasteiger partial charge is 0.374 e. The van der Waals surface area contributed by atoms with Gasteiger partial charge in [0.1, 0.15) is 0 Å². The molecule has 2 fully saturated rings. The Labute approximate surface area is 109 Å². The summed E-state index contributed by atoms with van der Waals surface area (Å²) in [6, 6.07) is 6.27. The summed E-state index contributed by atoms with van der Waals surface area (Å²) in [5, 5.41) is 0. The zero-order chi connectivity index (χ0) is 12.5. The van der Waals surface area contributed by atoms with Crippen molar-refractivity contribution in [3.63, 3.8) is 0 Å². The number of piperidine rings is 1. The van der Waals surface area contributed by atoms with Crippen molar-refractivity contribution < 1.29 is 4.74 Å². The SMILES string of the molecule is Cc1cccc(CN2CC[C@@H]3C[C@@H](C)O[C@H]3C2)n1. The quantitative estimate of drug-likeness (QED) is 0.801. The molecule has 3 rings (SSSR count). The number of likely N-dealkylation sites (tertiary alicyclic amines) is 1. The number of aromatic nitrogens is 1. The van der Waals surface area contributed by atoms with Gasteiger partial charge < -0.3 is 4.74 Å². The van der Waals surface area contributed by atoms with E-state index in [0.29, 0.717) is 12.2 Å². The number of nitrogens with zero attached hydrogens (tertiary/aromatic N) is 2. The smallest absolute Gasteiger partial charge is 0.0735 e. The van der Waals surface area contributed by atoms with Crippen molar-refractivity contribution in [1.82, 2.24) is 9.88 Å². The van der Waals surface area contributed by atoms with Crippen LogP contribution in [0.15, 0.2) is 18.2 Å². The molecular formula is C15H22N2O. The number of hydrogen-bond donors (Lipinski definition) is 0. The van der Waals surface area contributed by atoms with E-state index in [1.807, 2.05) is 0 Å². The summed E-state index contributed by atoms with van der Waals surface area (Å²) in [5.74, 6) is 0.793. The van der Waals surface area contributed by atoms with Crippen molar-refractivity contribution in [2.45, 2.75) is 45.4 Å². The van der Waals surface area contributed by atoms with Gasteiger partial charge in [0.2, 0.25) is 0 Å². The van der Waals surface area contributed by atoms with E-state index in [-0.39, 0.29) is 0 Å². The van der Waals surface area contributed by atoms with E-state index < -0.39 is 0 Å². The van der Waals surface area contributed by atoms with Crippen molar-refractivity contribution in [2.75, 3.05) is 13.1 Å². The first-order valence-electron chi connectivity index (χ1n) is 7.01. The molecule has 0 aromatic carbocycles. The first-order chi connectivity index (χ1) is 8.70. The fourth-order valence-electron chi connectivity index (χ4n) is 3.29. The highest BCUT2D eigenvalue weighted by molar-refractivity contribution is 5.10. The van der Waals surface area contributed by atoms with Gasteiger partial charge in [0, 0.05) is 18.8 Å². The molecule has 3 heterocycles. The van der Waals surface area contributed by atoms with Crippen molar-refractivity contribution in [3.05, 3.63) is 29.6 Å². The van der Waals surface area contributed by atoms with E-state index >= 15 is 0 Å². The molecule has 3 nitrogen and oxygen atoms in total. The molecule has 1 aromatic heterocycles. The van der Waals surface area contributed by atoms with E-state index in [1.165, 1.54) is 25.1 Å². The summed E-state index contributed by atoms with van der Waals surface area (Å²) < 4.78 is 5.99. The monoisotopic (exact) mass is 246 g/mol. The summed E-state index contributed by atoms with van der Waals surface area (Å²) in [4.78, 5) is 7.07. The number of hydrogen-bond acceptors (Lipinski definition) is 3. The van der Waals surface area contributed by atoms with Crippen molar-refractivity contribution >= 4 is 0 Å². The Hall–Kier alpha value is -0.930. The molecule has 2 aliphatic heterocycles. The lowest BCUT2D eigenvalue weighted by molar-refractivity contribution is -0.00305. The fourth-order valence-corrected chi connectivity index (χ4v) is 3.29. The van der Waals surface area contributed by atoms with Crippen LogP contribution < -0.4 is 0 Å². The average Bonchev–Trinajstić information content (AvgIpc) is 2.68. The molecule has 0 N–H and O–H groups in total. The summed E-state index contributed by atoms with van der Waals surface area (Å²) in [5.41, 5.74) is 2.28. The van der Waals surface area contributed by atoms with Gasteiger partial charge in [-0.15, -0.1) is 0 Å². The van der Waals surface area contributed by atoms with Gasteiger partial charge in [-0.05, 0) is 51.3 Å². The second-order valence-electron chi connectivity index (χ2n) is 5.78. The van der Waals surface area contributed by atoms with Gasteiger partial charge >= 0.3 is 0 Å². The van der Waals surface area contributed by atoms with Gasteiger partial charge in [-0.3, -0.25) is 9.88 Å². The zero-order valence-corrected chi connectivity index (χ0v) is 11.3. The number of rotatable bonds is 2. The molecule has 18 heavy (non-hydrogen) atoms. The molecule has 0 amide bonds. The number of ether oxygens (including phenoxy) is 1. The summed E-state index contributed by atoms with van der Waals surface area (Å²) in [6.07, 6.45) is 3.44. The van der Waals surface area contributed by atoms with Crippen LogP contribution in [0.2, 0.25) is 0 Å². The topological polar surface area (TPSA) is 25.4 Å². The molecule has 98 valence electrons. The third-order valence-corrected chi connectivity index (χ3v) is 4.15. The molecule has 2 aliphatic rings. The number of fused-ring (bicyclic) bond motifs is 1. The van der Waals surface area contributed by atoms with Crippen molar-refractivity contribution in [1.29, 1.82) is 0 Å². The minimum Gasteiger partial charge on any atom is -0.374 e. The average molecular weight is 246 g/mol. The third-order valence-electron chi connectivity index (χ3n) is 4.15. The highest BCUT2D eigenvalue weighted by atomic mass is 16.5. The van der Waals surface area contributed by atoms with Gasteiger partial charge in [-0.2, -0.15) is 0 Å². The van der Waals surface area contributed by atoms with Crippen LogP contribution in [0.1, 0.15) is 31.2 Å². The molecule has 0 saturated carbocycles. The first kappa shape index (κ1) is 12.1. The predicted octanol–water partition coefficient (Wildman–Crippen LogP) is 2.39. The molecule has 0 bridgehead atoms. The second-order valence-corrected chi connectivity index (χ2v) is 5.78. The van der Waals surface area contributed by atoms with Gasteiger partial charge in [-0.1, -0.05) is 6.07 Å². The van der Waals surface area contributed by atoms with Gasteiger partial charge in [0.15, 0.2) is 0 Å². The maximum absolute atomic E-state index is 5.99. The Morgan fingerprint density at radius 1 is 1.44 bits per heavy atom. The minimum atomic E-state index is 0.456. The Morgan fingerprint density at radius 3 is 3.17 bits per heavy atom. The van der Waals surface area contributed by atoms with Crippen LogP contribution in [0.4, 0.5) is 0 Å². The second kappa shape index (κ2) is 4.98. The lowest BCUT2D eigenvalue weighted by atomic mass is 9.92. The summed E-state index contributed by atoms with van der Waals surface area (Å²) in [6.45, 7) is 7.47. The first-order valence-corrected chi connectivity index (χ1v) is 7.01. The summed E-state index contributed by atoms with van der Waals surface area (Å²) in [7, 11) is 0. The molecule has 0 unspecified atom stereocenters. The van der Waals surface area contributed by atoms with Gasteiger partial charge in [-0.25, -0.2) is 0 Å². The Kier molecular flexibility index (Phi) is 3.35. The normalized spacial score (nSPS) is 32.4. The lowest BCUT2D eigenvalue weighted by Crippen LogP contribution is -2.41. The fraction of sp³-hybridized carbons (Fsp3) is 0.667. The van der Waals surface area contributed by atoms with Crippen LogP contribution in [0, 0.1) is 12.8 Å². The van der Waals surface area contributed by atoms with E-state index in [4.69, 9.17) is 4.74 Å². The molecule has 0 spiro atoms. The Bertz CT molecular complexity index is 421. The summed E-state index contributed by atoms with van der Waals surface area (Å²) >= 11 is 0. The standard InChI is InChI=1S/C15H22N2O/c1-11-4-3-5-14(16-11)9-17-7-6-13-8-12(2)18-15(13)10-17/h3-5,12-13,15H,6-10H2,1-2H3/t12-,13-,15+/m1/s1. The van der Waals surface area contributed by atoms with E-state index in [0.717, 1.165) is 24.7 Å². The van der Waals surface area contributed by atoms with Crippen LogP contribution in [0.5, 0.6) is 0 Å². The molecule has 0 aliphatic carbocycles. The minimum absolute atomic E-state index is 0.456. The molecule has 1 aromatic rings. The van der Waals surface area contributed by atoms with Crippen molar-refractivity contribution in [2.24, 2.45) is 5.92 Å². The third kappa shape index (κ3) is 2.57. The van der Waals surface area contributed by atoms with Crippen LogP contribution in [0.25, 0.3) is 0 Å². The Balaban J connectivity index is 1.61. The van der Waals surface area contributed by atoms with E-state index in [9.17, 15) is 0 Å². The van der Waals surface area contributed by atoms with Crippen molar-refractivity contribution in [3.8, 4) is 0 Å². The van der Waals surface area contributed by atoms with Crippen LogP contribution in [0.3, 0.4) is 0 Å². The Morgan fingerprint density at radius 2 is 2.33 bits per heavy atom. The van der Waals surface area contributed by atoms with E-state index in [1.54, 1.807) is 0 Å². The van der Waals surface area contributed by atoms with Crippen LogP contribution in [-0.4, -0.2) is 35.2 Å². The molecule has 2 saturated heterocycles. The molecular weight excluding hydrogens is 224 g/mol. The lowest BCUT2D eigenvalue weighted by Gasteiger charge is -2.33. The molecule has 0 radical (unpaired) electrons. The highest BCUT2D eigenvalue weighted by Gasteiger charge is 2.37. The van der Waals surface area contributed by atoms with E-state index in [2.05, 4.69) is 41.9 Å². The maximum Gasteiger partial charge on any atom is 0.0735 e. The molecule has 3 heteroatoms. The maximum atomic E-state index is 5.99. The number of aryl methyl sites for hydroxylation is 1. The predicted molar refractivity (Wildman–Crippen MR) is 71.3 cm³/mol. The molecule has 3 atom stereocenters. The van der Waals surface area contributed by atoms with Crippen LogP contribution in [-0.2, 0) is 11.3 Å². The highest BCUT2D eigenvalue weighted by Crippen LogP contribution is 2.33.